The molecule has 0 unspecified atom stereocenters. The van der Waals surface area contributed by atoms with E-state index in [9.17, 15) is 0 Å². The summed E-state index contributed by atoms with van der Waals surface area (Å²) >= 11 is 0. The van der Waals surface area contributed by atoms with Crippen molar-refractivity contribution < 1.29 is 0 Å². The summed E-state index contributed by atoms with van der Waals surface area (Å²) in [5.74, 6) is 0.656. The fraction of sp³-hybridized carbons (Fsp3) is 0.389. The van der Waals surface area contributed by atoms with Gasteiger partial charge in [0, 0.05) is 5.54 Å². The number of benzene rings is 1. The van der Waals surface area contributed by atoms with Crippen LogP contribution in [0.4, 0.5) is 0 Å². The summed E-state index contributed by atoms with van der Waals surface area (Å²) in [5, 5.41) is 4.64. The van der Waals surface area contributed by atoms with Crippen LogP contribution in [0.15, 0.2) is 54.1 Å². The Morgan fingerprint density at radius 2 is 1.65 bits per heavy atom. The summed E-state index contributed by atoms with van der Waals surface area (Å²) in [6, 6.07) is 10.8. The first-order valence-corrected chi connectivity index (χ1v) is 9.08. The van der Waals surface area contributed by atoms with E-state index in [1.165, 1.54) is 10.8 Å². The van der Waals surface area contributed by atoms with E-state index in [1.54, 1.807) is 5.54 Å². The molecule has 0 atom stereocenters. The van der Waals surface area contributed by atoms with Gasteiger partial charge in [0.05, 0.1) is 9.52 Å². The third-order valence-corrected chi connectivity index (χ3v) is 4.99. The van der Waals surface area contributed by atoms with Crippen molar-refractivity contribution in [1.29, 1.82) is 0 Å². The summed E-state index contributed by atoms with van der Waals surface area (Å²) in [6.45, 7) is 10.9. The van der Waals surface area contributed by atoms with E-state index in [1.807, 2.05) is 0 Å². The standard InChI is InChI=1S/C14H17Si.C4H11N/c1-11(2)12-8-9-14(10-12)15-13-6-4-3-5-7-13;1-3-5-4-2/h3-11H,15H2,1-2H3;5H,3-4H2,1-2H3. The molecule has 1 aromatic rings. The van der Waals surface area contributed by atoms with Crippen molar-refractivity contribution in [2.24, 2.45) is 5.92 Å². The quantitative estimate of drug-likeness (QED) is 0.821. The zero-order valence-corrected chi connectivity index (χ0v) is 14.7. The first kappa shape index (κ1) is 16.9. The average Bonchev–Trinajstić information content (AvgIpc) is 2.90. The molecular weight excluding hydrogens is 258 g/mol. The predicted molar refractivity (Wildman–Crippen MR) is 94.1 cm³/mol. The fourth-order valence-corrected chi connectivity index (χ4v) is 3.62. The summed E-state index contributed by atoms with van der Waals surface area (Å²) in [6.07, 6.45) is 6.95. The maximum absolute atomic E-state index is 3.11. The molecule has 1 aromatic carbocycles. The van der Waals surface area contributed by atoms with Crippen LogP contribution in [-0.4, -0.2) is 22.6 Å². The highest BCUT2D eigenvalue weighted by Gasteiger charge is 2.12. The highest BCUT2D eigenvalue weighted by atomic mass is 28.2. The Morgan fingerprint density at radius 3 is 2.10 bits per heavy atom. The van der Waals surface area contributed by atoms with Gasteiger partial charge in [-0.2, -0.15) is 0 Å². The molecule has 2 rings (SSSR count). The minimum atomic E-state index is -0.245. The van der Waals surface area contributed by atoms with Gasteiger partial charge in [-0.05, 0) is 24.6 Å². The summed E-state index contributed by atoms with van der Waals surface area (Å²) < 4.78 is 0. The normalized spacial score (nSPS) is 14.8. The Labute approximate surface area is 127 Å². The van der Waals surface area contributed by atoms with Crippen LogP contribution in [0.5, 0.6) is 0 Å². The van der Waals surface area contributed by atoms with Crippen LogP contribution in [0.25, 0.3) is 0 Å². The average molecular weight is 287 g/mol. The van der Waals surface area contributed by atoms with Crippen molar-refractivity contribution >= 4 is 14.7 Å². The van der Waals surface area contributed by atoms with Gasteiger partial charge < -0.3 is 5.32 Å². The van der Waals surface area contributed by atoms with Crippen molar-refractivity contribution in [1.82, 2.24) is 5.32 Å². The SMILES string of the molecule is CC(C)C1=C[C]([SiH2]c2ccccc2)C=C1.CCNCC. The van der Waals surface area contributed by atoms with Gasteiger partial charge in [-0.25, -0.2) is 0 Å². The maximum Gasteiger partial charge on any atom is 0.0713 e. The first-order valence-electron chi connectivity index (χ1n) is 7.67. The van der Waals surface area contributed by atoms with Crippen LogP contribution in [0.1, 0.15) is 27.7 Å². The molecule has 0 aromatic heterocycles. The minimum Gasteiger partial charge on any atom is -0.317 e. The molecule has 2 heteroatoms. The van der Waals surface area contributed by atoms with Crippen LogP contribution >= 0.6 is 0 Å². The van der Waals surface area contributed by atoms with Crippen molar-refractivity contribution in [3.63, 3.8) is 0 Å². The largest absolute Gasteiger partial charge is 0.317 e. The molecule has 109 valence electrons. The maximum atomic E-state index is 3.11. The Balaban J connectivity index is 0.000000347. The minimum absolute atomic E-state index is 0.245. The molecule has 0 fully saturated rings. The zero-order valence-electron chi connectivity index (χ0n) is 13.3. The predicted octanol–water partition coefficient (Wildman–Crippen LogP) is 2.78. The van der Waals surface area contributed by atoms with E-state index >= 15 is 0 Å². The third kappa shape index (κ3) is 6.35. The lowest BCUT2D eigenvalue weighted by molar-refractivity contribution is 0.762. The highest BCUT2D eigenvalue weighted by molar-refractivity contribution is 6.60. The highest BCUT2D eigenvalue weighted by Crippen LogP contribution is 2.22. The second-order valence-electron chi connectivity index (χ2n) is 5.33. The van der Waals surface area contributed by atoms with Crippen molar-refractivity contribution in [2.45, 2.75) is 27.7 Å². The molecule has 1 aliphatic carbocycles. The number of rotatable bonds is 5. The van der Waals surface area contributed by atoms with Crippen molar-refractivity contribution in [2.75, 3.05) is 13.1 Å². The van der Waals surface area contributed by atoms with E-state index in [0.29, 0.717) is 5.92 Å². The van der Waals surface area contributed by atoms with E-state index in [0.717, 1.165) is 13.1 Å². The van der Waals surface area contributed by atoms with Gasteiger partial charge >= 0.3 is 0 Å². The molecule has 0 spiro atoms. The lowest BCUT2D eigenvalue weighted by Gasteiger charge is -2.04. The van der Waals surface area contributed by atoms with Gasteiger partial charge in [-0.3, -0.25) is 0 Å². The Kier molecular flexibility index (Phi) is 8.24. The summed E-state index contributed by atoms with van der Waals surface area (Å²) in [5.41, 5.74) is 3.04. The third-order valence-electron chi connectivity index (χ3n) is 3.26. The molecule has 0 saturated heterocycles. The van der Waals surface area contributed by atoms with Gasteiger partial charge in [0.2, 0.25) is 0 Å². The second kappa shape index (κ2) is 9.73. The Hall–Kier alpha value is -1.12. The van der Waals surface area contributed by atoms with Gasteiger partial charge in [0.25, 0.3) is 0 Å². The van der Waals surface area contributed by atoms with Gasteiger partial charge in [0.1, 0.15) is 0 Å². The fourth-order valence-electron chi connectivity index (χ4n) is 2.06. The summed E-state index contributed by atoms with van der Waals surface area (Å²) in [4.78, 5) is 0. The summed E-state index contributed by atoms with van der Waals surface area (Å²) in [7, 11) is -0.245. The number of hydrogen-bond donors (Lipinski definition) is 1. The number of nitrogens with one attached hydrogen (secondary N) is 1. The lowest BCUT2D eigenvalue weighted by atomic mass is 10.1. The van der Waals surface area contributed by atoms with E-state index in [4.69, 9.17) is 0 Å². The monoisotopic (exact) mass is 286 g/mol. The van der Waals surface area contributed by atoms with E-state index in [-0.39, 0.29) is 9.52 Å². The molecular formula is C18H28NSi. The molecule has 0 amide bonds. The molecule has 0 saturated carbocycles. The van der Waals surface area contributed by atoms with E-state index in [2.05, 4.69) is 81.6 Å². The smallest absolute Gasteiger partial charge is 0.0713 e. The van der Waals surface area contributed by atoms with Crippen LogP contribution in [0.2, 0.25) is 0 Å². The molecule has 1 aliphatic rings. The zero-order chi connectivity index (χ0) is 14.8. The van der Waals surface area contributed by atoms with Gasteiger partial charge in [-0.1, -0.05) is 81.4 Å². The Bertz CT molecular complexity index is 418. The number of hydrogen-bond acceptors (Lipinski definition) is 1. The van der Waals surface area contributed by atoms with Crippen molar-refractivity contribution in [3.8, 4) is 0 Å². The van der Waals surface area contributed by atoms with Crippen LogP contribution in [0.3, 0.4) is 0 Å². The lowest BCUT2D eigenvalue weighted by Crippen LogP contribution is -2.18. The second-order valence-corrected chi connectivity index (χ2v) is 7.31. The first-order chi connectivity index (χ1) is 9.67. The van der Waals surface area contributed by atoms with E-state index < -0.39 is 0 Å². The van der Waals surface area contributed by atoms with Crippen LogP contribution in [0, 0.1) is 11.5 Å². The molecule has 1 nitrogen and oxygen atoms in total. The van der Waals surface area contributed by atoms with Crippen LogP contribution in [-0.2, 0) is 0 Å². The Morgan fingerprint density at radius 1 is 1.00 bits per heavy atom. The topological polar surface area (TPSA) is 12.0 Å². The number of allylic oxidation sites excluding steroid dienone is 4. The van der Waals surface area contributed by atoms with Gasteiger partial charge in [-0.15, -0.1) is 0 Å². The van der Waals surface area contributed by atoms with Gasteiger partial charge in [0.15, 0.2) is 0 Å². The van der Waals surface area contributed by atoms with Crippen LogP contribution < -0.4 is 10.5 Å². The molecule has 0 heterocycles. The molecule has 20 heavy (non-hydrogen) atoms. The van der Waals surface area contributed by atoms with Crippen molar-refractivity contribution in [3.05, 3.63) is 59.7 Å². The molecule has 0 bridgehead atoms. The molecule has 1 N–H and O–H groups in total. The molecule has 1 radical (unpaired) electrons. The molecule has 0 aliphatic heterocycles.